The fraction of sp³-hybridized carbons (Fsp3) is 0.571. The molecule has 0 aromatic heterocycles. The van der Waals surface area contributed by atoms with Crippen molar-refractivity contribution < 1.29 is 10.0 Å². The molecular weight excluding hydrogens is 258 g/mol. The van der Waals surface area contributed by atoms with Gasteiger partial charge in [0.15, 0.2) is 0 Å². The van der Waals surface area contributed by atoms with Crippen molar-refractivity contribution in [3.05, 3.63) is 33.9 Å². The number of aliphatic hydroxyl groups is 1. The van der Waals surface area contributed by atoms with E-state index in [0.29, 0.717) is 25.2 Å². The largest absolute Gasteiger partial charge is 0.393 e. The maximum Gasteiger partial charge on any atom is 0.292 e. The van der Waals surface area contributed by atoms with Crippen LogP contribution in [0.15, 0.2) is 18.2 Å². The number of benzene rings is 1. The monoisotopic (exact) mass is 281 g/mol. The fourth-order valence-electron chi connectivity index (χ4n) is 2.03. The van der Waals surface area contributed by atoms with Crippen LogP contribution in [0.2, 0.25) is 0 Å². The summed E-state index contributed by atoms with van der Waals surface area (Å²) in [4.78, 5) is 12.8. The van der Waals surface area contributed by atoms with Gasteiger partial charge in [0.05, 0.1) is 11.0 Å². The lowest BCUT2D eigenvalue weighted by Gasteiger charge is -2.19. The maximum absolute atomic E-state index is 11.1. The lowest BCUT2D eigenvalue weighted by Crippen LogP contribution is -2.22. The van der Waals surface area contributed by atoms with Crippen molar-refractivity contribution in [3.8, 4) is 0 Å². The van der Waals surface area contributed by atoms with Gasteiger partial charge in [-0.25, -0.2) is 0 Å². The van der Waals surface area contributed by atoms with Crippen LogP contribution in [-0.4, -0.2) is 41.2 Å². The number of anilines is 1. The molecule has 6 nitrogen and oxygen atoms in total. The molecule has 0 heterocycles. The van der Waals surface area contributed by atoms with Gasteiger partial charge in [-0.3, -0.25) is 10.1 Å². The molecule has 0 bridgehead atoms. The number of aliphatic hydroxyl groups excluding tert-OH is 1. The van der Waals surface area contributed by atoms with Crippen LogP contribution < -0.4 is 5.32 Å². The molecule has 1 rings (SSSR count). The second kappa shape index (κ2) is 7.81. The molecule has 1 aromatic carbocycles. The molecule has 1 unspecified atom stereocenters. The van der Waals surface area contributed by atoms with Crippen LogP contribution in [0.3, 0.4) is 0 Å². The summed E-state index contributed by atoms with van der Waals surface area (Å²) in [7, 11) is 1.94. The summed E-state index contributed by atoms with van der Waals surface area (Å²) in [6, 6.07) is 5.11. The summed E-state index contributed by atoms with van der Waals surface area (Å²) >= 11 is 0. The van der Waals surface area contributed by atoms with Gasteiger partial charge in [-0.1, -0.05) is 12.1 Å². The van der Waals surface area contributed by atoms with E-state index in [-0.39, 0.29) is 16.7 Å². The molecule has 0 aliphatic carbocycles. The Hall–Kier alpha value is -1.66. The van der Waals surface area contributed by atoms with Crippen LogP contribution in [0, 0.1) is 10.1 Å². The third-order valence-electron chi connectivity index (χ3n) is 3.05. The molecule has 20 heavy (non-hydrogen) atoms. The first kappa shape index (κ1) is 16.4. The molecule has 6 heteroatoms. The zero-order chi connectivity index (χ0) is 15.1. The average Bonchev–Trinajstić information content (AvgIpc) is 2.38. The molecule has 112 valence electrons. The van der Waals surface area contributed by atoms with E-state index in [4.69, 9.17) is 0 Å². The number of nitro groups is 1. The van der Waals surface area contributed by atoms with Crippen molar-refractivity contribution in [2.75, 3.05) is 25.5 Å². The highest BCUT2D eigenvalue weighted by Gasteiger charge is 2.17. The minimum Gasteiger partial charge on any atom is -0.393 e. The van der Waals surface area contributed by atoms with E-state index in [1.165, 1.54) is 6.07 Å². The standard InChI is InChI=1S/C14H23N3O3/c1-4-15-14-12(6-5-7-13(14)17(19)20)10-16(3)9-8-11(2)18/h5-7,11,15,18H,4,8-10H2,1-3H3. The zero-order valence-electron chi connectivity index (χ0n) is 12.3. The van der Waals surface area contributed by atoms with Crippen molar-refractivity contribution in [2.45, 2.75) is 32.9 Å². The van der Waals surface area contributed by atoms with E-state index >= 15 is 0 Å². The third-order valence-corrected chi connectivity index (χ3v) is 3.05. The number of rotatable bonds is 8. The van der Waals surface area contributed by atoms with E-state index in [1.54, 1.807) is 13.0 Å². The average molecular weight is 281 g/mol. The lowest BCUT2D eigenvalue weighted by molar-refractivity contribution is -0.384. The van der Waals surface area contributed by atoms with Gasteiger partial charge in [-0.05, 0) is 32.9 Å². The van der Waals surface area contributed by atoms with Gasteiger partial charge in [-0.15, -0.1) is 0 Å². The first-order valence-corrected chi connectivity index (χ1v) is 6.82. The molecule has 2 N–H and O–H groups in total. The van der Waals surface area contributed by atoms with Crippen LogP contribution in [0.25, 0.3) is 0 Å². The lowest BCUT2D eigenvalue weighted by atomic mass is 10.1. The Labute approximate surface area is 119 Å². The van der Waals surface area contributed by atoms with Crippen molar-refractivity contribution in [1.82, 2.24) is 4.90 Å². The van der Waals surface area contributed by atoms with Crippen LogP contribution in [0.5, 0.6) is 0 Å². The van der Waals surface area contributed by atoms with Gasteiger partial charge in [-0.2, -0.15) is 0 Å². The normalized spacial score (nSPS) is 12.4. The fourth-order valence-corrected chi connectivity index (χ4v) is 2.03. The molecule has 0 saturated carbocycles. The van der Waals surface area contributed by atoms with Crippen LogP contribution in [-0.2, 0) is 6.54 Å². The second-order valence-corrected chi connectivity index (χ2v) is 4.97. The van der Waals surface area contributed by atoms with Gasteiger partial charge in [0.1, 0.15) is 5.69 Å². The smallest absolute Gasteiger partial charge is 0.292 e. The van der Waals surface area contributed by atoms with Crippen molar-refractivity contribution in [2.24, 2.45) is 0 Å². The van der Waals surface area contributed by atoms with Gasteiger partial charge >= 0.3 is 0 Å². The van der Waals surface area contributed by atoms with Crippen LogP contribution >= 0.6 is 0 Å². The molecule has 1 atom stereocenters. The Bertz CT molecular complexity index is 449. The molecule has 0 aliphatic rings. The SMILES string of the molecule is CCNc1c(CN(C)CCC(C)O)cccc1[N+](=O)[O-]. The van der Waals surface area contributed by atoms with Crippen LogP contribution in [0.4, 0.5) is 11.4 Å². The zero-order valence-corrected chi connectivity index (χ0v) is 12.3. The first-order valence-electron chi connectivity index (χ1n) is 6.82. The molecule has 0 aliphatic heterocycles. The number of nitro benzene ring substituents is 1. The number of hydrogen-bond donors (Lipinski definition) is 2. The molecular formula is C14H23N3O3. The highest BCUT2D eigenvalue weighted by atomic mass is 16.6. The Balaban J connectivity index is 2.88. The predicted octanol–water partition coefficient (Wildman–Crippen LogP) is 2.23. The van der Waals surface area contributed by atoms with E-state index in [1.807, 2.05) is 24.9 Å². The van der Waals surface area contributed by atoms with Crippen molar-refractivity contribution in [1.29, 1.82) is 0 Å². The minimum absolute atomic E-state index is 0.105. The quantitative estimate of drug-likeness (QED) is 0.564. The molecule has 0 radical (unpaired) electrons. The van der Waals surface area contributed by atoms with Gasteiger partial charge in [0.25, 0.3) is 5.69 Å². The number of para-hydroxylation sites is 1. The minimum atomic E-state index is -0.364. The molecule has 0 amide bonds. The van der Waals surface area contributed by atoms with Gasteiger partial charge in [0, 0.05) is 25.7 Å². The van der Waals surface area contributed by atoms with Gasteiger partial charge in [0.2, 0.25) is 0 Å². The van der Waals surface area contributed by atoms with E-state index in [9.17, 15) is 15.2 Å². The predicted molar refractivity (Wildman–Crippen MR) is 79.9 cm³/mol. The Morgan fingerprint density at radius 3 is 2.75 bits per heavy atom. The highest BCUT2D eigenvalue weighted by molar-refractivity contribution is 5.66. The summed E-state index contributed by atoms with van der Waals surface area (Å²) in [6.45, 7) is 5.65. The summed E-state index contributed by atoms with van der Waals surface area (Å²) in [5.41, 5.74) is 1.59. The number of nitrogens with one attached hydrogen (secondary N) is 1. The van der Waals surface area contributed by atoms with Crippen molar-refractivity contribution >= 4 is 11.4 Å². The van der Waals surface area contributed by atoms with E-state index in [2.05, 4.69) is 5.32 Å². The first-order chi connectivity index (χ1) is 9.45. The van der Waals surface area contributed by atoms with Crippen LogP contribution in [0.1, 0.15) is 25.8 Å². The number of nitrogens with zero attached hydrogens (tertiary/aromatic N) is 2. The Morgan fingerprint density at radius 2 is 2.20 bits per heavy atom. The highest BCUT2D eigenvalue weighted by Crippen LogP contribution is 2.28. The summed E-state index contributed by atoms with van der Waals surface area (Å²) in [5, 5.41) is 23.4. The molecule has 1 aromatic rings. The van der Waals surface area contributed by atoms with E-state index < -0.39 is 0 Å². The molecule has 0 spiro atoms. The number of hydrogen-bond acceptors (Lipinski definition) is 5. The summed E-state index contributed by atoms with van der Waals surface area (Å²) in [6.07, 6.45) is 0.345. The second-order valence-electron chi connectivity index (χ2n) is 4.97. The Kier molecular flexibility index (Phi) is 6.41. The third kappa shape index (κ3) is 4.79. The molecule has 0 saturated heterocycles. The van der Waals surface area contributed by atoms with Crippen molar-refractivity contribution in [3.63, 3.8) is 0 Å². The molecule has 0 fully saturated rings. The summed E-state index contributed by atoms with van der Waals surface area (Å²) < 4.78 is 0. The summed E-state index contributed by atoms with van der Waals surface area (Å²) in [5.74, 6) is 0. The Morgan fingerprint density at radius 1 is 1.50 bits per heavy atom. The van der Waals surface area contributed by atoms with E-state index in [0.717, 1.165) is 12.1 Å². The topological polar surface area (TPSA) is 78.6 Å². The van der Waals surface area contributed by atoms with Gasteiger partial charge < -0.3 is 15.3 Å². The maximum atomic E-state index is 11.1.